The molecule has 15 heavy (non-hydrogen) atoms. The molecule has 1 rings (SSSR count). The second-order valence-electron chi connectivity index (χ2n) is 4.06. The summed E-state index contributed by atoms with van der Waals surface area (Å²) in [5.74, 6) is 0.119. The van der Waals surface area contributed by atoms with Gasteiger partial charge in [0.05, 0.1) is 0 Å². The summed E-state index contributed by atoms with van der Waals surface area (Å²) in [7, 11) is 1.58. The van der Waals surface area contributed by atoms with Crippen LogP contribution in [0.15, 0.2) is 0 Å². The Morgan fingerprint density at radius 2 is 2.40 bits per heavy atom. The number of carbonyl (C=O) groups is 1. The lowest BCUT2D eigenvalue weighted by Gasteiger charge is -2.30. The first-order chi connectivity index (χ1) is 7.20. The van der Waals surface area contributed by atoms with E-state index < -0.39 is 0 Å². The van der Waals surface area contributed by atoms with Crippen molar-refractivity contribution >= 4 is 5.91 Å². The van der Waals surface area contributed by atoms with Gasteiger partial charge in [-0.2, -0.15) is 0 Å². The molecule has 4 nitrogen and oxygen atoms in total. The van der Waals surface area contributed by atoms with E-state index in [1.807, 2.05) is 11.8 Å². The Kier molecular flexibility index (Phi) is 5.05. The van der Waals surface area contributed by atoms with Crippen LogP contribution in [0, 0.1) is 0 Å². The number of hydrogen-bond acceptors (Lipinski definition) is 3. The Labute approximate surface area is 92.0 Å². The van der Waals surface area contributed by atoms with E-state index in [9.17, 15) is 4.79 Å². The summed E-state index contributed by atoms with van der Waals surface area (Å²) in [6.07, 6.45) is 1.73. The van der Waals surface area contributed by atoms with E-state index in [0.717, 1.165) is 32.5 Å². The van der Waals surface area contributed by atoms with Gasteiger partial charge in [-0.05, 0) is 26.3 Å². The van der Waals surface area contributed by atoms with Gasteiger partial charge in [0, 0.05) is 26.2 Å². The van der Waals surface area contributed by atoms with Crippen molar-refractivity contribution in [3.63, 3.8) is 0 Å². The fourth-order valence-corrected chi connectivity index (χ4v) is 1.95. The number of rotatable bonds is 5. The SMILES string of the molecule is CCCN(C(=O)C(C)OC)C1CCNC1. The molecule has 0 aromatic rings. The monoisotopic (exact) mass is 214 g/mol. The Morgan fingerprint density at radius 3 is 2.87 bits per heavy atom. The second-order valence-corrected chi connectivity index (χ2v) is 4.06. The number of nitrogens with zero attached hydrogens (tertiary/aromatic N) is 1. The fourth-order valence-electron chi connectivity index (χ4n) is 1.95. The van der Waals surface area contributed by atoms with E-state index in [4.69, 9.17) is 4.74 Å². The number of ether oxygens (including phenoxy) is 1. The van der Waals surface area contributed by atoms with E-state index in [2.05, 4.69) is 12.2 Å². The maximum absolute atomic E-state index is 12.0. The maximum Gasteiger partial charge on any atom is 0.251 e. The molecule has 4 heteroatoms. The average Bonchev–Trinajstić information content (AvgIpc) is 2.77. The van der Waals surface area contributed by atoms with Gasteiger partial charge in [-0.1, -0.05) is 6.92 Å². The number of hydrogen-bond donors (Lipinski definition) is 1. The van der Waals surface area contributed by atoms with E-state index in [-0.39, 0.29) is 12.0 Å². The first kappa shape index (κ1) is 12.5. The van der Waals surface area contributed by atoms with Crippen molar-refractivity contribution in [1.29, 1.82) is 0 Å². The van der Waals surface area contributed by atoms with E-state index in [1.165, 1.54) is 0 Å². The summed E-state index contributed by atoms with van der Waals surface area (Å²) in [5.41, 5.74) is 0. The smallest absolute Gasteiger partial charge is 0.251 e. The van der Waals surface area contributed by atoms with Gasteiger partial charge in [0.15, 0.2) is 0 Å². The minimum absolute atomic E-state index is 0.119. The number of methoxy groups -OCH3 is 1. The summed E-state index contributed by atoms with van der Waals surface area (Å²) in [6, 6.07) is 0.357. The molecule has 2 atom stereocenters. The van der Waals surface area contributed by atoms with Crippen LogP contribution < -0.4 is 5.32 Å². The quantitative estimate of drug-likeness (QED) is 0.729. The minimum atomic E-state index is -0.322. The second kappa shape index (κ2) is 6.08. The molecule has 1 fully saturated rings. The standard InChI is InChI=1S/C11H22N2O2/c1-4-7-13(10-5-6-12-8-10)11(14)9(2)15-3/h9-10,12H,4-8H2,1-3H3. The Bertz CT molecular complexity index is 203. The van der Waals surface area contributed by atoms with Crippen LogP contribution in [-0.2, 0) is 9.53 Å². The van der Waals surface area contributed by atoms with Gasteiger partial charge < -0.3 is 15.0 Å². The molecule has 1 aliphatic heterocycles. The molecule has 1 heterocycles. The normalized spacial score (nSPS) is 22.7. The third kappa shape index (κ3) is 3.18. The third-order valence-electron chi connectivity index (χ3n) is 2.92. The minimum Gasteiger partial charge on any atom is -0.372 e. The molecule has 1 saturated heterocycles. The van der Waals surface area contributed by atoms with Crippen molar-refractivity contribution in [3.8, 4) is 0 Å². The van der Waals surface area contributed by atoms with Crippen LogP contribution in [0.5, 0.6) is 0 Å². The number of amides is 1. The zero-order valence-corrected chi connectivity index (χ0v) is 9.95. The molecular weight excluding hydrogens is 192 g/mol. The van der Waals surface area contributed by atoms with Crippen LogP contribution in [0.3, 0.4) is 0 Å². The average molecular weight is 214 g/mol. The summed E-state index contributed by atoms with van der Waals surface area (Å²) in [5, 5.41) is 3.29. The van der Waals surface area contributed by atoms with E-state index in [0.29, 0.717) is 6.04 Å². The summed E-state index contributed by atoms with van der Waals surface area (Å²) >= 11 is 0. The van der Waals surface area contributed by atoms with Crippen LogP contribution in [0.2, 0.25) is 0 Å². The van der Waals surface area contributed by atoms with E-state index >= 15 is 0 Å². The van der Waals surface area contributed by atoms with Gasteiger partial charge in [-0.15, -0.1) is 0 Å². The highest BCUT2D eigenvalue weighted by Crippen LogP contribution is 2.11. The first-order valence-electron chi connectivity index (χ1n) is 5.74. The van der Waals surface area contributed by atoms with Crippen molar-refractivity contribution in [3.05, 3.63) is 0 Å². The van der Waals surface area contributed by atoms with Gasteiger partial charge in [0.2, 0.25) is 0 Å². The van der Waals surface area contributed by atoms with Crippen LogP contribution in [0.25, 0.3) is 0 Å². The highest BCUT2D eigenvalue weighted by Gasteiger charge is 2.28. The van der Waals surface area contributed by atoms with Crippen LogP contribution in [0.1, 0.15) is 26.7 Å². The molecule has 1 aliphatic rings. The van der Waals surface area contributed by atoms with Gasteiger partial charge in [0.1, 0.15) is 6.10 Å². The summed E-state index contributed by atoms with van der Waals surface area (Å²) < 4.78 is 5.09. The first-order valence-corrected chi connectivity index (χ1v) is 5.74. The third-order valence-corrected chi connectivity index (χ3v) is 2.92. The summed E-state index contributed by atoms with van der Waals surface area (Å²) in [4.78, 5) is 14.0. The highest BCUT2D eigenvalue weighted by molar-refractivity contribution is 5.80. The fraction of sp³-hybridized carbons (Fsp3) is 0.909. The maximum atomic E-state index is 12.0. The molecule has 0 aliphatic carbocycles. The zero-order valence-electron chi connectivity index (χ0n) is 9.95. The Hall–Kier alpha value is -0.610. The molecule has 0 bridgehead atoms. The van der Waals surface area contributed by atoms with E-state index in [1.54, 1.807) is 7.11 Å². The van der Waals surface area contributed by atoms with Crippen molar-refractivity contribution in [2.75, 3.05) is 26.7 Å². The van der Waals surface area contributed by atoms with Crippen molar-refractivity contribution in [2.24, 2.45) is 0 Å². The van der Waals surface area contributed by atoms with Gasteiger partial charge in [0.25, 0.3) is 5.91 Å². The molecule has 0 spiro atoms. The molecular formula is C11H22N2O2. The van der Waals surface area contributed by atoms with Crippen molar-refractivity contribution in [2.45, 2.75) is 38.8 Å². The topological polar surface area (TPSA) is 41.6 Å². The number of carbonyl (C=O) groups excluding carboxylic acids is 1. The van der Waals surface area contributed by atoms with Crippen molar-refractivity contribution in [1.82, 2.24) is 10.2 Å². The largest absolute Gasteiger partial charge is 0.372 e. The zero-order chi connectivity index (χ0) is 11.3. The van der Waals surface area contributed by atoms with Gasteiger partial charge in [-0.25, -0.2) is 0 Å². The molecule has 0 aromatic carbocycles. The predicted molar refractivity (Wildman–Crippen MR) is 59.7 cm³/mol. The lowest BCUT2D eigenvalue weighted by atomic mass is 10.2. The lowest BCUT2D eigenvalue weighted by Crippen LogP contribution is -2.46. The van der Waals surface area contributed by atoms with Crippen LogP contribution >= 0.6 is 0 Å². The van der Waals surface area contributed by atoms with Gasteiger partial charge in [-0.3, -0.25) is 4.79 Å². The predicted octanol–water partition coefficient (Wildman–Crippen LogP) is 0.622. The molecule has 0 aromatic heterocycles. The molecule has 0 radical (unpaired) electrons. The Balaban J connectivity index is 2.59. The van der Waals surface area contributed by atoms with Crippen LogP contribution in [-0.4, -0.2) is 49.7 Å². The van der Waals surface area contributed by atoms with Crippen LogP contribution in [0.4, 0.5) is 0 Å². The number of nitrogens with one attached hydrogen (secondary N) is 1. The summed E-state index contributed by atoms with van der Waals surface area (Å²) in [6.45, 7) is 6.67. The Morgan fingerprint density at radius 1 is 1.67 bits per heavy atom. The molecule has 0 saturated carbocycles. The van der Waals surface area contributed by atoms with Crippen molar-refractivity contribution < 1.29 is 9.53 Å². The molecule has 88 valence electrons. The lowest BCUT2D eigenvalue weighted by molar-refractivity contribution is -0.143. The highest BCUT2D eigenvalue weighted by atomic mass is 16.5. The molecule has 1 amide bonds. The van der Waals surface area contributed by atoms with Gasteiger partial charge >= 0.3 is 0 Å². The molecule has 1 N–H and O–H groups in total. The molecule has 2 unspecified atom stereocenters.